The fourth-order valence-corrected chi connectivity index (χ4v) is 0.720. The third kappa shape index (κ3) is 4.92. The molecule has 0 heterocycles. The molecule has 0 aliphatic heterocycles. The lowest BCUT2D eigenvalue weighted by atomic mass is 10.3. The number of alkyl halides is 1. The summed E-state index contributed by atoms with van der Waals surface area (Å²) < 4.78 is 0. The van der Waals surface area contributed by atoms with E-state index in [4.69, 9.17) is 11.6 Å². The van der Waals surface area contributed by atoms with E-state index < -0.39 is 9.85 Å². The molecule has 0 saturated carbocycles. The summed E-state index contributed by atoms with van der Waals surface area (Å²) in [5.41, 5.74) is -0.548. The molecule has 1 aromatic carbocycles. The zero-order valence-corrected chi connectivity index (χ0v) is 8.68. The van der Waals surface area contributed by atoms with E-state index in [0.29, 0.717) is 0 Å². The molecule has 0 unspecified atom stereocenters. The van der Waals surface area contributed by atoms with Gasteiger partial charge in [0.2, 0.25) is 0 Å². The van der Waals surface area contributed by atoms with Crippen LogP contribution in [0.15, 0.2) is 24.3 Å². The van der Waals surface area contributed by atoms with Gasteiger partial charge in [0.15, 0.2) is 0 Å². The Labute approximate surface area is 90.8 Å². The van der Waals surface area contributed by atoms with E-state index >= 15 is 0 Å². The topological polar surface area (TPSA) is 86.3 Å². The van der Waals surface area contributed by atoms with Gasteiger partial charge < -0.3 is 0 Å². The summed E-state index contributed by atoms with van der Waals surface area (Å²) in [4.78, 5) is 19.0. The number of nitrogens with zero attached hydrogens (tertiary/aromatic N) is 2. The number of non-ortho nitro benzene ring substituents is 2. The first-order chi connectivity index (χ1) is 7.02. The minimum atomic E-state index is -0.674. The van der Waals surface area contributed by atoms with Crippen LogP contribution in [-0.4, -0.2) is 15.7 Å². The summed E-state index contributed by atoms with van der Waals surface area (Å²) in [5, 5.41) is 20.3. The second-order valence-corrected chi connectivity index (χ2v) is 2.84. The van der Waals surface area contributed by atoms with Crippen LogP contribution in [0.25, 0.3) is 0 Å². The Balaban J connectivity index is 0.000000583. The predicted molar refractivity (Wildman–Crippen MR) is 56.1 cm³/mol. The largest absolute Gasteiger partial charge is 0.276 e. The van der Waals surface area contributed by atoms with E-state index in [1.165, 1.54) is 18.2 Å². The van der Waals surface area contributed by atoms with Crippen LogP contribution in [0, 0.1) is 20.2 Å². The van der Waals surface area contributed by atoms with Gasteiger partial charge in [-0.2, -0.15) is 0 Å². The van der Waals surface area contributed by atoms with Crippen LogP contribution in [0.3, 0.4) is 0 Å². The second-order valence-electron chi connectivity index (χ2n) is 2.30. The molecule has 6 nitrogen and oxygen atoms in total. The molecule has 0 bridgehead atoms. The number of nitro benzene ring substituents is 2. The van der Waals surface area contributed by atoms with E-state index in [-0.39, 0.29) is 11.4 Å². The molecular weight excluding hydrogens is 224 g/mol. The smallest absolute Gasteiger partial charge is 0.258 e. The summed E-state index contributed by atoms with van der Waals surface area (Å²) in [7, 11) is 0. The normalized spacial score (nSPS) is 8.67. The molecule has 1 aromatic rings. The maximum Gasteiger partial charge on any atom is 0.276 e. The summed E-state index contributed by atoms with van der Waals surface area (Å²) in [6.45, 7) is 1.89. The molecule has 0 aromatic heterocycles. The Morgan fingerprint density at radius 1 is 1.20 bits per heavy atom. The van der Waals surface area contributed by atoms with E-state index in [1.807, 2.05) is 6.92 Å². The van der Waals surface area contributed by atoms with Crippen molar-refractivity contribution in [2.24, 2.45) is 0 Å². The molecule has 15 heavy (non-hydrogen) atoms. The lowest BCUT2D eigenvalue weighted by molar-refractivity contribution is -0.394. The minimum absolute atomic E-state index is 0.274. The van der Waals surface area contributed by atoms with Crippen LogP contribution in [0.2, 0.25) is 0 Å². The average molecular weight is 233 g/mol. The SMILES string of the molecule is CCCl.O=[N+]([O-])c1cccc([N+](=O)[O-])c1. The number of benzene rings is 1. The first-order valence-corrected chi connectivity index (χ1v) is 4.51. The van der Waals surface area contributed by atoms with Crippen LogP contribution < -0.4 is 0 Å². The lowest BCUT2D eigenvalue weighted by Crippen LogP contribution is -1.91. The highest BCUT2D eigenvalue weighted by atomic mass is 35.5. The molecule has 0 amide bonds. The van der Waals surface area contributed by atoms with Gasteiger partial charge >= 0.3 is 0 Å². The number of rotatable bonds is 2. The molecule has 0 aliphatic rings. The molecule has 0 spiro atoms. The first-order valence-electron chi connectivity index (χ1n) is 3.97. The standard InChI is InChI=1S/C6H4N2O4.C2H5Cl/c9-7(10)5-2-1-3-6(4-5)8(11)12;1-2-3/h1-4H;2H2,1H3. The summed E-state index contributed by atoms with van der Waals surface area (Å²) >= 11 is 5.00. The maximum absolute atomic E-state index is 10.2. The first kappa shape index (κ1) is 13.3. The van der Waals surface area contributed by atoms with Crippen LogP contribution in [0.5, 0.6) is 0 Å². The summed E-state index contributed by atoms with van der Waals surface area (Å²) in [6.07, 6.45) is 0. The van der Waals surface area contributed by atoms with Gasteiger partial charge in [0.05, 0.1) is 15.9 Å². The highest BCUT2D eigenvalue weighted by Gasteiger charge is 2.11. The van der Waals surface area contributed by atoms with Crippen LogP contribution in [0.4, 0.5) is 11.4 Å². The quantitative estimate of drug-likeness (QED) is 0.446. The average Bonchev–Trinajstić information content (AvgIpc) is 2.19. The molecule has 7 heteroatoms. The van der Waals surface area contributed by atoms with Crippen molar-refractivity contribution in [2.45, 2.75) is 6.92 Å². The van der Waals surface area contributed by atoms with Crippen molar-refractivity contribution in [3.05, 3.63) is 44.5 Å². The van der Waals surface area contributed by atoms with Crippen molar-refractivity contribution >= 4 is 23.0 Å². The van der Waals surface area contributed by atoms with Gasteiger partial charge in [-0.05, 0) is 6.07 Å². The lowest BCUT2D eigenvalue weighted by Gasteiger charge is -1.90. The molecule has 0 N–H and O–H groups in total. The molecule has 0 radical (unpaired) electrons. The van der Waals surface area contributed by atoms with Crippen molar-refractivity contribution in [3.63, 3.8) is 0 Å². The fraction of sp³-hybridized carbons (Fsp3) is 0.250. The number of hydrogen-bond donors (Lipinski definition) is 0. The van der Waals surface area contributed by atoms with Gasteiger partial charge in [-0.1, -0.05) is 6.92 Å². The Bertz CT molecular complexity index is 327. The maximum atomic E-state index is 10.2. The second kappa shape index (κ2) is 6.72. The number of hydrogen-bond acceptors (Lipinski definition) is 4. The van der Waals surface area contributed by atoms with Crippen molar-refractivity contribution in [1.29, 1.82) is 0 Å². The molecule has 0 saturated heterocycles. The van der Waals surface area contributed by atoms with Gasteiger partial charge in [-0.15, -0.1) is 11.6 Å². The van der Waals surface area contributed by atoms with Gasteiger partial charge in [-0.25, -0.2) is 0 Å². The van der Waals surface area contributed by atoms with Gasteiger partial charge in [-0.3, -0.25) is 20.2 Å². The van der Waals surface area contributed by atoms with Gasteiger partial charge in [0.1, 0.15) is 0 Å². The van der Waals surface area contributed by atoms with Gasteiger partial charge in [0, 0.05) is 18.0 Å². The van der Waals surface area contributed by atoms with Crippen molar-refractivity contribution < 1.29 is 9.85 Å². The van der Waals surface area contributed by atoms with Crippen molar-refractivity contribution in [2.75, 3.05) is 5.88 Å². The van der Waals surface area contributed by atoms with Crippen molar-refractivity contribution in [1.82, 2.24) is 0 Å². The monoisotopic (exact) mass is 232 g/mol. The summed E-state index contributed by atoms with van der Waals surface area (Å²) in [5.74, 6) is 0.722. The molecular formula is C8H9ClN2O4. The molecule has 0 fully saturated rings. The molecule has 82 valence electrons. The van der Waals surface area contributed by atoms with E-state index in [1.54, 1.807) is 0 Å². The number of halogens is 1. The van der Waals surface area contributed by atoms with Crippen LogP contribution in [0.1, 0.15) is 6.92 Å². The zero-order chi connectivity index (χ0) is 11.8. The highest BCUT2D eigenvalue weighted by Crippen LogP contribution is 2.18. The van der Waals surface area contributed by atoms with E-state index in [2.05, 4.69) is 0 Å². The Morgan fingerprint density at radius 3 is 1.80 bits per heavy atom. The zero-order valence-electron chi connectivity index (χ0n) is 7.92. The molecule has 0 atom stereocenters. The number of nitro groups is 2. The third-order valence-corrected chi connectivity index (χ3v) is 1.25. The minimum Gasteiger partial charge on any atom is -0.258 e. The van der Waals surface area contributed by atoms with Crippen molar-refractivity contribution in [3.8, 4) is 0 Å². The fourth-order valence-electron chi connectivity index (χ4n) is 0.720. The Kier molecular flexibility index (Phi) is 5.96. The molecule has 1 rings (SSSR count). The van der Waals surface area contributed by atoms with Gasteiger partial charge in [0.25, 0.3) is 11.4 Å². The Hall–Kier alpha value is -1.69. The highest BCUT2D eigenvalue weighted by molar-refractivity contribution is 6.17. The van der Waals surface area contributed by atoms with Crippen LogP contribution in [-0.2, 0) is 0 Å². The van der Waals surface area contributed by atoms with E-state index in [9.17, 15) is 20.2 Å². The Morgan fingerprint density at radius 2 is 1.53 bits per heavy atom. The van der Waals surface area contributed by atoms with E-state index in [0.717, 1.165) is 11.9 Å². The summed E-state index contributed by atoms with van der Waals surface area (Å²) in [6, 6.07) is 4.59. The van der Waals surface area contributed by atoms with Crippen LogP contribution >= 0.6 is 11.6 Å². The molecule has 0 aliphatic carbocycles. The third-order valence-electron chi connectivity index (χ3n) is 1.25. The predicted octanol–water partition coefficient (Wildman–Crippen LogP) is 2.75.